The van der Waals surface area contributed by atoms with Crippen molar-refractivity contribution < 1.29 is 4.79 Å². The number of rotatable bonds is 3. The van der Waals surface area contributed by atoms with Crippen LogP contribution in [-0.4, -0.2) is 5.78 Å². The molecule has 1 saturated carbocycles. The van der Waals surface area contributed by atoms with E-state index in [1.54, 1.807) is 11.3 Å². The molecule has 1 heterocycles. The lowest BCUT2D eigenvalue weighted by molar-refractivity contribution is 0.0733. The quantitative estimate of drug-likeness (QED) is 0.674. The summed E-state index contributed by atoms with van der Waals surface area (Å²) in [5, 5.41) is 3.94. The van der Waals surface area contributed by atoms with Gasteiger partial charge in [0, 0.05) is 16.9 Å². The molecule has 0 bridgehead atoms. The Morgan fingerprint density at radius 2 is 2.46 bits per heavy atom. The van der Waals surface area contributed by atoms with Crippen molar-refractivity contribution in [1.29, 1.82) is 0 Å². The SMILES string of the molecule is CC[C@@H]1CC[C@@H]1C(=O)c1ccsc1. The zero-order valence-corrected chi connectivity index (χ0v) is 8.64. The third-order valence-corrected chi connectivity index (χ3v) is 3.77. The van der Waals surface area contributed by atoms with E-state index in [1.807, 2.05) is 16.8 Å². The molecule has 0 aliphatic heterocycles. The van der Waals surface area contributed by atoms with Gasteiger partial charge in [0.2, 0.25) is 0 Å². The Balaban J connectivity index is 2.06. The summed E-state index contributed by atoms with van der Waals surface area (Å²) in [6.07, 6.45) is 3.50. The summed E-state index contributed by atoms with van der Waals surface area (Å²) in [7, 11) is 0. The second kappa shape index (κ2) is 3.62. The fourth-order valence-corrected chi connectivity index (χ4v) is 2.67. The van der Waals surface area contributed by atoms with Gasteiger partial charge >= 0.3 is 0 Å². The Morgan fingerprint density at radius 3 is 2.92 bits per heavy atom. The number of carbonyl (C=O) groups excluding carboxylic acids is 1. The highest BCUT2D eigenvalue weighted by molar-refractivity contribution is 7.08. The van der Waals surface area contributed by atoms with Crippen molar-refractivity contribution in [3.63, 3.8) is 0 Å². The van der Waals surface area contributed by atoms with Crippen molar-refractivity contribution in [2.24, 2.45) is 11.8 Å². The minimum atomic E-state index is 0.333. The van der Waals surface area contributed by atoms with Crippen LogP contribution in [0.2, 0.25) is 0 Å². The average molecular weight is 194 g/mol. The van der Waals surface area contributed by atoms with Crippen LogP contribution in [0, 0.1) is 11.8 Å². The minimum absolute atomic E-state index is 0.333. The van der Waals surface area contributed by atoms with Gasteiger partial charge in [-0.1, -0.05) is 13.3 Å². The van der Waals surface area contributed by atoms with Gasteiger partial charge in [0.05, 0.1) is 0 Å². The summed E-state index contributed by atoms with van der Waals surface area (Å²) in [6.45, 7) is 2.18. The summed E-state index contributed by atoms with van der Waals surface area (Å²) in [4.78, 5) is 11.9. The van der Waals surface area contributed by atoms with E-state index < -0.39 is 0 Å². The minimum Gasteiger partial charge on any atom is -0.294 e. The van der Waals surface area contributed by atoms with Gasteiger partial charge in [-0.2, -0.15) is 11.3 Å². The van der Waals surface area contributed by atoms with E-state index in [1.165, 1.54) is 6.42 Å². The Labute approximate surface area is 82.8 Å². The number of thiophene rings is 1. The molecule has 2 atom stereocenters. The summed E-state index contributed by atoms with van der Waals surface area (Å²) in [6, 6.07) is 1.94. The van der Waals surface area contributed by atoms with E-state index in [2.05, 4.69) is 6.92 Å². The summed E-state index contributed by atoms with van der Waals surface area (Å²) in [5.74, 6) is 1.37. The number of carbonyl (C=O) groups is 1. The number of ketones is 1. The second-order valence-corrected chi connectivity index (χ2v) is 4.51. The highest BCUT2D eigenvalue weighted by Crippen LogP contribution is 2.38. The lowest BCUT2D eigenvalue weighted by atomic mass is 9.69. The van der Waals surface area contributed by atoms with Crippen LogP contribution in [0.15, 0.2) is 16.8 Å². The van der Waals surface area contributed by atoms with Crippen molar-refractivity contribution >= 4 is 17.1 Å². The standard InChI is InChI=1S/C11H14OS/c1-2-8-3-4-10(8)11(12)9-5-6-13-7-9/h5-8,10H,2-4H2,1H3/t8-,10+/m1/s1. The zero-order chi connectivity index (χ0) is 9.26. The topological polar surface area (TPSA) is 17.1 Å². The fraction of sp³-hybridized carbons (Fsp3) is 0.545. The molecule has 13 heavy (non-hydrogen) atoms. The van der Waals surface area contributed by atoms with Crippen LogP contribution in [0.1, 0.15) is 36.5 Å². The third kappa shape index (κ3) is 1.55. The van der Waals surface area contributed by atoms with E-state index >= 15 is 0 Å². The van der Waals surface area contributed by atoms with E-state index in [0.29, 0.717) is 17.6 Å². The molecular formula is C11H14OS. The van der Waals surface area contributed by atoms with Crippen LogP contribution >= 0.6 is 11.3 Å². The van der Waals surface area contributed by atoms with Gasteiger partial charge in [0.25, 0.3) is 0 Å². The summed E-state index contributed by atoms with van der Waals surface area (Å²) >= 11 is 1.61. The maximum atomic E-state index is 11.9. The van der Waals surface area contributed by atoms with Gasteiger partial charge in [-0.15, -0.1) is 0 Å². The van der Waals surface area contributed by atoms with Gasteiger partial charge in [0.1, 0.15) is 0 Å². The van der Waals surface area contributed by atoms with Crippen molar-refractivity contribution in [1.82, 2.24) is 0 Å². The lowest BCUT2D eigenvalue weighted by Gasteiger charge is -2.34. The number of Topliss-reactive ketones (excluding diaryl/α,β-unsaturated/α-hetero) is 1. The highest BCUT2D eigenvalue weighted by atomic mass is 32.1. The van der Waals surface area contributed by atoms with Crippen LogP contribution in [-0.2, 0) is 0 Å². The maximum Gasteiger partial charge on any atom is 0.167 e. The predicted molar refractivity (Wildman–Crippen MR) is 55.2 cm³/mol. The van der Waals surface area contributed by atoms with Crippen LogP contribution in [0.25, 0.3) is 0 Å². The summed E-state index contributed by atoms with van der Waals surface area (Å²) < 4.78 is 0. The molecule has 0 saturated heterocycles. The maximum absolute atomic E-state index is 11.9. The fourth-order valence-electron chi connectivity index (χ4n) is 2.02. The molecule has 0 unspecified atom stereocenters. The predicted octanol–water partition coefficient (Wildman–Crippen LogP) is 3.37. The highest BCUT2D eigenvalue weighted by Gasteiger charge is 2.35. The molecule has 1 fully saturated rings. The van der Waals surface area contributed by atoms with E-state index in [-0.39, 0.29) is 0 Å². The molecule has 2 heteroatoms. The third-order valence-electron chi connectivity index (χ3n) is 3.08. The molecule has 1 aromatic heterocycles. The monoisotopic (exact) mass is 194 g/mol. The first kappa shape index (κ1) is 8.95. The van der Waals surface area contributed by atoms with E-state index in [0.717, 1.165) is 18.4 Å². The van der Waals surface area contributed by atoms with Gasteiger partial charge in [-0.3, -0.25) is 4.79 Å². The molecule has 0 amide bonds. The van der Waals surface area contributed by atoms with Gasteiger partial charge in [-0.25, -0.2) is 0 Å². The molecule has 0 radical (unpaired) electrons. The van der Waals surface area contributed by atoms with Crippen LogP contribution in [0.4, 0.5) is 0 Å². The molecule has 1 aromatic rings. The van der Waals surface area contributed by atoms with Crippen molar-refractivity contribution in [2.45, 2.75) is 26.2 Å². The van der Waals surface area contributed by atoms with Crippen LogP contribution in [0.5, 0.6) is 0 Å². The normalized spacial score (nSPS) is 26.8. The largest absolute Gasteiger partial charge is 0.294 e. The lowest BCUT2D eigenvalue weighted by Crippen LogP contribution is -2.32. The van der Waals surface area contributed by atoms with Crippen molar-refractivity contribution in [3.05, 3.63) is 22.4 Å². The number of hydrogen-bond donors (Lipinski definition) is 0. The molecule has 70 valence electrons. The van der Waals surface area contributed by atoms with Crippen LogP contribution < -0.4 is 0 Å². The molecule has 1 aliphatic rings. The zero-order valence-electron chi connectivity index (χ0n) is 7.82. The van der Waals surface area contributed by atoms with Gasteiger partial charge in [0.15, 0.2) is 5.78 Å². The molecule has 0 N–H and O–H groups in total. The van der Waals surface area contributed by atoms with Crippen molar-refractivity contribution in [3.8, 4) is 0 Å². The number of hydrogen-bond acceptors (Lipinski definition) is 2. The van der Waals surface area contributed by atoms with Crippen molar-refractivity contribution in [2.75, 3.05) is 0 Å². The van der Waals surface area contributed by atoms with Gasteiger partial charge in [-0.05, 0) is 30.2 Å². The Bertz CT molecular complexity index is 287. The molecule has 2 rings (SSSR count). The molecule has 1 nitrogen and oxygen atoms in total. The smallest absolute Gasteiger partial charge is 0.167 e. The molecular weight excluding hydrogens is 180 g/mol. The molecule has 0 spiro atoms. The first-order valence-corrected chi connectivity index (χ1v) is 5.83. The van der Waals surface area contributed by atoms with Gasteiger partial charge < -0.3 is 0 Å². The summed E-state index contributed by atoms with van der Waals surface area (Å²) in [5.41, 5.74) is 0.924. The Hall–Kier alpha value is -0.630. The molecule has 1 aliphatic carbocycles. The second-order valence-electron chi connectivity index (χ2n) is 3.73. The first-order chi connectivity index (χ1) is 6.33. The van der Waals surface area contributed by atoms with E-state index in [4.69, 9.17) is 0 Å². The first-order valence-electron chi connectivity index (χ1n) is 4.89. The Morgan fingerprint density at radius 1 is 1.62 bits per heavy atom. The molecule has 0 aromatic carbocycles. The Kier molecular flexibility index (Phi) is 2.49. The average Bonchev–Trinajstić information content (AvgIpc) is 2.54. The van der Waals surface area contributed by atoms with Crippen LogP contribution in [0.3, 0.4) is 0 Å². The van der Waals surface area contributed by atoms with E-state index in [9.17, 15) is 4.79 Å².